The van der Waals surface area contributed by atoms with Crippen LogP contribution < -0.4 is 5.32 Å². The Labute approximate surface area is 226 Å². The fraction of sp³-hybridized carbons (Fsp3) is 0.464. The van der Waals surface area contributed by atoms with Crippen molar-refractivity contribution >= 4 is 21.8 Å². The van der Waals surface area contributed by atoms with E-state index in [-0.39, 0.29) is 40.0 Å². The van der Waals surface area contributed by atoms with E-state index in [0.717, 1.165) is 31.2 Å². The van der Waals surface area contributed by atoms with Gasteiger partial charge in [0.05, 0.1) is 11.0 Å². The number of halogens is 2. The average Bonchev–Trinajstić information content (AvgIpc) is 3.45. The first-order valence-electron chi connectivity index (χ1n) is 12.7. The normalized spacial score (nSPS) is 21.4. The molecule has 8 nitrogen and oxygen atoms in total. The van der Waals surface area contributed by atoms with Gasteiger partial charge >= 0.3 is 6.09 Å². The van der Waals surface area contributed by atoms with Gasteiger partial charge in [-0.3, -0.25) is 9.69 Å². The average molecular weight is 560 g/mol. The molecule has 1 aliphatic carbocycles. The zero-order chi connectivity index (χ0) is 28.7. The van der Waals surface area contributed by atoms with Gasteiger partial charge in [0.15, 0.2) is 9.84 Å². The fourth-order valence-electron chi connectivity index (χ4n) is 5.35. The number of likely N-dealkylation sites (tertiary alicyclic amines) is 1. The molecule has 4 unspecified atom stereocenters. The molecule has 2 aromatic rings. The third kappa shape index (κ3) is 6.22. The van der Waals surface area contributed by atoms with Crippen molar-refractivity contribution in [3.05, 3.63) is 53.6 Å². The second kappa shape index (κ2) is 10.6. The molecule has 4 rings (SSSR count). The third-order valence-corrected chi connectivity index (χ3v) is 8.20. The number of nitriles is 1. The van der Waals surface area contributed by atoms with Crippen molar-refractivity contribution in [3.63, 3.8) is 0 Å². The highest BCUT2D eigenvalue weighted by Gasteiger charge is 2.52. The molecule has 0 spiro atoms. The largest absolute Gasteiger partial charge is 0.444 e. The van der Waals surface area contributed by atoms with E-state index in [2.05, 4.69) is 5.32 Å². The molecular formula is C28H31F2N3O5S. The van der Waals surface area contributed by atoms with Crippen molar-refractivity contribution in [2.24, 2.45) is 5.92 Å². The van der Waals surface area contributed by atoms with Crippen LogP contribution in [0.1, 0.15) is 45.6 Å². The minimum atomic E-state index is -3.60. The van der Waals surface area contributed by atoms with E-state index in [9.17, 15) is 27.7 Å². The van der Waals surface area contributed by atoms with Crippen molar-refractivity contribution in [1.29, 1.82) is 5.26 Å². The number of nitrogens with zero attached hydrogens (tertiary/aromatic N) is 2. The summed E-state index contributed by atoms with van der Waals surface area (Å²) < 4.78 is 58.4. The molecule has 2 fully saturated rings. The molecular weight excluding hydrogens is 528 g/mol. The first kappa shape index (κ1) is 28.5. The Kier molecular flexibility index (Phi) is 7.72. The minimum absolute atomic E-state index is 0.0245. The van der Waals surface area contributed by atoms with E-state index in [1.807, 2.05) is 6.07 Å². The van der Waals surface area contributed by atoms with Gasteiger partial charge in [0, 0.05) is 24.3 Å². The predicted octanol–water partition coefficient (Wildman–Crippen LogP) is 4.37. The summed E-state index contributed by atoms with van der Waals surface area (Å²) >= 11 is 0. The molecule has 2 aromatic carbocycles. The quantitative estimate of drug-likeness (QED) is 0.562. The number of ether oxygens (including phenoxy) is 1. The maximum Gasteiger partial charge on any atom is 0.411 e. The van der Waals surface area contributed by atoms with Gasteiger partial charge in [-0.15, -0.1) is 0 Å². The van der Waals surface area contributed by atoms with E-state index in [1.54, 1.807) is 20.8 Å². The summed E-state index contributed by atoms with van der Waals surface area (Å²) in [6.45, 7) is 5.25. The molecule has 11 heteroatoms. The monoisotopic (exact) mass is 559 g/mol. The van der Waals surface area contributed by atoms with Crippen LogP contribution in [0.3, 0.4) is 0 Å². The Morgan fingerprint density at radius 3 is 2.46 bits per heavy atom. The SMILES string of the molecule is CC(C)(C)OC(=O)N1C2CCC(C2)C1C(=O)NC(C#N)Cc1ccc(-c2ccc(S(C)(=O)=O)cc2F)cc1F. The van der Waals surface area contributed by atoms with Gasteiger partial charge in [-0.05, 0) is 75.3 Å². The maximum atomic E-state index is 15.0. The highest BCUT2D eigenvalue weighted by Crippen LogP contribution is 2.43. The molecule has 2 aliphatic rings. The number of carbonyl (C=O) groups is 2. The molecule has 0 aromatic heterocycles. The van der Waals surface area contributed by atoms with Crippen molar-refractivity contribution in [1.82, 2.24) is 10.2 Å². The van der Waals surface area contributed by atoms with E-state index >= 15 is 4.39 Å². The van der Waals surface area contributed by atoms with E-state index < -0.39 is 51.2 Å². The summed E-state index contributed by atoms with van der Waals surface area (Å²) in [7, 11) is -3.60. The second-order valence-corrected chi connectivity index (χ2v) is 13.2. The number of amides is 2. The Morgan fingerprint density at radius 2 is 1.87 bits per heavy atom. The number of rotatable bonds is 6. The van der Waals surface area contributed by atoms with Crippen LogP contribution in [-0.2, 0) is 25.8 Å². The molecule has 39 heavy (non-hydrogen) atoms. The zero-order valence-electron chi connectivity index (χ0n) is 22.2. The van der Waals surface area contributed by atoms with Gasteiger partial charge in [-0.2, -0.15) is 5.26 Å². The molecule has 4 atom stereocenters. The van der Waals surface area contributed by atoms with Gasteiger partial charge < -0.3 is 10.1 Å². The number of benzene rings is 2. The van der Waals surface area contributed by atoms with Crippen molar-refractivity contribution in [2.45, 2.75) is 75.1 Å². The number of hydrogen-bond donors (Lipinski definition) is 1. The molecule has 208 valence electrons. The van der Waals surface area contributed by atoms with Crippen LogP contribution >= 0.6 is 0 Å². The van der Waals surface area contributed by atoms with E-state index in [4.69, 9.17) is 4.74 Å². The van der Waals surface area contributed by atoms with Gasteiger partial charge in [-0.1, -0.05) is 18.2 Å². The summed E-state index contributed by atoms with van der Waals surface area (Å²) in [5, 5.41) is 12.4. The van der Waals surface area contributed by atoms with Gasteiger partial charge in [0.25, 0.3) is 0 Å². The summed E-state index contributed by atoms with van der Waals surface area (Å²) in [5.74, 6) is -2.04. The Balaban J connectivity index is 1.48. The number of sulfone groups is 1. The van der Waals surface area contributed by atoms with Crippen molar-refractivity contribution in [2.75, 3.05) is 6.26 Å². The lowest BCUT2D eigenvalue weighted by Gasteiger charge is -2.35. The highest BCUT2D eigenvalue weighted by atomic mass is 32.2. The topological polar surface area (TPSA) is 117 Å². The Morgan fingerprint density at radius 1 is 1.15 bits per heavy atom. The van der Waals surface area contributed by atoms with Crippen molar-refractivity contribution < 1.29 is 31.5 Å². The lowest BCUT2D eigenvalue weighted by Crippen LogP contribution is -2.55. The number of hydrogen-bond acceptors (Lipinski definition) is 6. The lowest BCUT2D eigenvalue weighted by molar-refractivity contribution is -0.128. The van der Waals surface area contributed by atoms with Crippen LogP contribution in [0.15, 0.2) is 41.3 Å². The molecule has 2 amide bonds. The standard InChI is InChI=1S/C28H31F2N3O5S/c1-28(2,3)38-27(35)33-20-8-7-18(12-20)25(33)26(34)32-19(15-31)11-17-6-5-16(13-23(17)29)22-10-9-21(14-24(22)30)39(4,36)37/h5-6,9-10,13-14,18-20,25H,7-8,11-12H2,1-4H3,(H,32,34). The number of fused-ring (bicyclic) bond motifs is 2. The number of carbonyl (C=O) groups excluding carboxylic acids is 2. The highest BCUT2D eigenvalue weighted by molar-refractivity contribution is 7.90. The molecule has 1 heterocycles. The van der Waals surface area contributed by atoms with Crippen molar-refractivity contribution in [3.8, 4) is 17.2 Å². The second-order valence-electron chi connectivity index (χ2n) is 11.2. The maximum absolute atomic E-state index is 15.0. The van der Waals surface area contributed by atoms with E-state index in [0.29, 0.717) is 6.42 Å². The van der Waals surface area contributed by atoms with E-state index in [1.165, 1.54) is 29.2 Å². The van der Waals surface area contributed by atoms with Gasteiger partial charge in [-0.25, -0.2) is 22.0 Å². The summed E-state index contributed by atoms with van der Waals surface area (Å²) in [4.78, 5) is 27.4. The molecule has 1 N–H and O–H groups in total. The first-order chi connectivity index (χ1) is 18.2. The summed E-state index contributed by atoms with van der Waals surface area (Å²) in [5.41, 5.74) is -0.370. The number of piperidine rings is 1. The molecule has 1 saturated heterocycles. The molecule has 0 radical (unpaired) electrons. The summed E-state index contributed by atoms with van der Waals surface area (Å²) in [6, 6.07) is 7.42. The Hall–Kier alpha value is -3.52. The van der Waals surface area contributed by atoms with Crippen LogP contribution in [0.4, 0.5) is 13.6 Å². The van der Waals surface area contributed by atoms with Crippen LogP contribution in [0, 0.1) is 28.9 Å². The smallest absolute Gasteiger partial charge is 0.411 e. The fourth-order valence-corrected chi connectivity index (χ4v) is 5.98. The molecule has 1 aliphatic heterocycles. The van der Waals surface area contributed by atoms with Crippen LogP contribution in [-0.4, -0.2) is 55.3 Å². The number of nitrogens with one attached hydrogen (secondary N) is 1. The van der Waals surface area contributed by atoms with Crippen LogP contribution in [0.2, 0.25) is 0 Å². The van der Waals surface area contributed by atoms with Crippen LogP contribution in [0.5, 0.6) is 0 Å². The molecule has 2 bridgehead atoms. The summed E-state index contributed by atoms with van der Waals surface area (Å²) in [6.07, 6.45) is 2.51. The third-order valence-electron chi connectivity index (χ3n) is 7.09. The van der Waals surface area contributed by atoms with Gasteiger partial charge in [0.2, 0.25) is 5.91 Å². The lowest BCUT2D eigenvalue weighted by atomic mass is 9.97. The van der Waals surface area contributed by atoms with Crippen LogP contribution in [0.25, 0.3) is 11.1 Å². The zero-order valence-corrected chi connectivity index (χ0v) is 23.0. The first-order valence-corrected chi connectivity index (χ1v) is 14.6. The predicted molar refractivity (Wildman–Crippen MR) is 139 cm³/mol. The van der Waals surface area contributed by atoms with Gasteiger partial charge in [0.1, 0.15) is 29.3 Å². The molecule has 1 saturated carbocycles. The Bertz CT molecular complexity index is 1450. The minimum Gasteiger partial charge on any atom is -0.444 e.